The third-order valence-electron chi connectivity index (χ3n) is 4.96. The smallest absolute Gasteiger partial charge is 0.407 e. The van der Waals surface area contributed by atoms with Crippen LogP contribution in [0.15, 0.2) is 90.2 Å². The van der Waals surface area contributed by atoms with Crippen LogP contribution in [0.5, 0.6) is 0 Å². The zero-order valence-electron chi connectivity index (χ0n) is 18.1. The van der Waals surface area contributed by atoms with E-state index in [1.165, 1.54) is 6.08 Å². The summed E-state index contributed by atoms with van der Waals surface area (Å²) in [7, 11) is 0. The minimum atomic E-state index is -0.731. The number of amides is 2. The Hall–Kier alpha value is -4.13. The van der Waals surface area contributed by atoms with E-state index in [2.05, 4.69) is 10.6 Å². The van der Waals surface area contributed by atoms with Crippen molar-refractivity contribution in [1.29, 1.82) is 0 Å². The van der Waals surface area contributed by atoms with Gasteiger partial charge in [0.1, 0.15) is 17.9 Å². The minimum Gasteiger partial charge on any atom is -0.507 e. The van der Waals surface area contributed by atoms with E-state index in [9.17, 15) is 19.5 Å². The van der Waals surface area contributed by atoms with Crippen LogP contribution < -0.4 is 10.6 Å². The molecule has 0 spiro atoms. The van der Waals surface area contributed by atoms with E-state index < -0.39 is 23.8 Å². The summed E-state index contributed by atoms with van der Waals surface area (Å²) in [6.07, 6.45) is 6.67. The number of nitrogens with one attached hydrogen (secondary N) is 2. The van der Waals surface area contributed by atoms with Crippen LogP contribution in [-0.2, 0) is 20.9 Å². The van der Waals surface area contributed by atoms with Gasteiger partial charge in [0.25, 0.3) is 5.91 Å². The molecule has 0 bridgehead atoms. The summed E-state index contributed by atoms with van der Waals surface area (Å²) in [5, 5.41) is 15.4. The van der Waals surface area contributed by atoms with E-state index in [0.29, 0.717) is 19.4 Å². The number of ketones is 1. The minimum absolute atomic E-state index is 0.172. The predicted octanol–water partition coefficient (Wildman–Crippen LogP) is 3.84. The maximum atomic E-state index is 12.5. The number of hydrogen-bond acceptors (Lipinski definition) is 5. The summed E-state index contributed by atoms with van der Waals surface area (Å²) in [4.78, 5) is 36.5. The predicted molar refractivity (Wildman–Crippen MR) is 125 cm³/mol. The molecule has 33 heavy (non-hydrogen) atoms. The van der Waals surface area contributed by atoms with Crippen molar-refractivity contribution in [1.82, 2.24) is 10.6 Å². The summed E-state index contributed by atoms with van der Waals surface area (Å²) < 4.78 is 5.12. The average Bonchev–Trinajstić information content (AvgIpc) is 3.12. The molecule has 2 aromatic rings. The molecule has 1 heterocycles. The van der Waals surface area contributed by atoms with Crippen LogP contribution in [0.3, 0.4) is 0 Å². The second-order valence-electron chi connectivity index (χ2n) is 7.41. The Morgan fingerprint density at radius 3 is 2.45 bits per heavy atom. The molecule has 7 nitrogen and oxygen atoms in total. The molecule has 0 aromatic heterocycles. The van der Waals surface area contributed by atoms with E-state index in [-0.39, 0.29) is 17.9 Å². The lowest BCUT2D eigenvalue weighted by Crippen LogP contribution is -2.31. The summed E-state index contributed by atoms with van der Waals surface area (Å²) in [6.45, 7) is 0.466. The number of allylic oxidation sites excluding steroid dienone is 3. The van der Waals surface area contributed by atoms with Crippen molar-refractivity contribution in [2.45, 2.75) is 25.5 Å². The normalized spacial score (nSPS) is 17.4. The van der Waals surface area contributed by atoms with E-state index in [0.717, 1.165) is 11.1 Å². The molecule has 1 atom stereocenters. The zero-order chi connectivity index (χ0) is 23.5. The summed E-state index contributed by atoms with van der Waals surface area (Å²) in [5.41, 5.74) is 1.62. The quantitative estimate of drug-likeness (QED) is 0.178. The van der Waals surface area contributed by atoms with Gasteiger partial charge in [-0.05, 0) is 30.0 Å². The van der Waals surface area contributed by atoms with Crippen molar-refractivity contribution in [3.05, 3.63) is 101 Å². The fourth-order valence-corrected chi connectivity index (χ4v) is 3.26. The molecular formula is C26H26N2O5. The Morgan fingerprint density at radius 2 is 1.73 bits per heavy atom. The number of benzene rings is 2. The molecular weight excluding hydrogens is 420 g/mol. The van der Waals surface area contributed by atoms with Gasteiger partial charge in [-0.15, -0.1) is 0 Å². The van der Waals surface area contributed by atoms with Crippen LogP contribution in [0.25, 0.3) is 6.08 Å². The SMILES string of the molecule is O=C(NCCC[C@H]1NC(=O)\C(=C(O)/C=C/C=C\c2ccccc2)C1=O)OCc1ccccc1. The molecule has 0 radical (unpaired) electrons. The van der Waals surface area contributed by atoms with Gasteiger partial charge in [-0.1, -0.05) is 78.9 Å². The maximum Gasteiger partial charge on any atom is 0.407 e. The number of Topliss-reactive ketones (excluding diaryl/α,β-unsaturated/α-hetero) is 1. The molecule has 7 heteroatoms. The van der Waals surface area contributed by atoms with Gasteiger partial charge < -0.3 is 20.5 Å². The Bertz CT molecular complexity index is 1060. The standard InChI is InChI=1S/C26H26N2O5/c29-22(16-8-7-12-19-10-3-1-4-11-19)23-24(30)21(28-25(23)31)15-9-17-27-26(32)33-18-20-13-5-2-6-14-20/h1-8,10-14,16,21,29H,9,15,17-18H2,(H,27,32)(H,28,31)/b12-7-,16-8+,23-22+/t21-/m1/s1. The Kier molecular flexibility index (Phi) is 8.59. The fraction of sp³-hybridized carbons (Fsp3) is 0.192. The van der Waals surface area contributed by atoms with Crippen LogP contribution in [0.4, 0.5) is 4.79 Å². The summed E-state index contributed by atoms with van der Waals surface area (Å²) in [6, 6.07) is 18.2. The number of aliphatic hydroxyl groups is 1. The van der Waals surface area contributed by atoms with E-state index >= 15 is 0 Å². The number of hydrogen-bond donors (Lipinski definition) is 3. The molecule has 3 N–H and O–H groups in total. The lowest BCUT2D eigenvalue weighted by atomic mass is 10.0. The molecule has 0 unspecified atom stereocenters. The van der Waals surface area contributed by atoms with E-state index in [1.807, 2.05) is 66.7 Å². The highest BCUT2D eigenvalue weighted by molar-refractivity contribution is 6.27. The van der Waals surface area contributed by atoms with Crippen LogP contribution in [0, 0.1) is 0 Å². The van der Waals surface area contributed by atoms with Crippen molar-refractivity contribution in [3.63, 3.8) is 0 Å². The van der Waals surface area contributed by atoms with Crippen molar-refractivity contribution < 1.29 is 24.2 Å². The highest BCUT2D eigenvalue weighted by atomic mass is 16.5. The Balaban J connectivity index is 1.42. The molecule has 1 aliphatic rings. The lowest BCUT2D eigenvalue weighted by molar-refractivity contribution is -0.117. The van der Waals surface area contributed by atoms with Crippen LogP contribution in [-0.4, -0.2) is 35.5 Å². The monoisotopic (exact) mass is 446 g/mol. The van der Waals surface area contributed by atoms with Crippen LogP contribution in [0.2, 0.25) is 0 Å². The topological polar surface area (TPSA) is 105 Å². The highest BCUT2D eigenvalue weighted by Crippen LogP contribution is 2.18. The van der Waals surface area contributed by atoms with Gasteiger partial charge in [0.15, 0.2) is 5.78 Å². The summed E-state index contributed by atoms with van der Waals surface area (Å²) >= 11 is 0. The van der Waals surface area contributed by atoms with Gasteiger partial charge in [-0.3, -0.25) is 9.59 Å². The molecule has 0 aliphatic carbocycles. The molecule has 1 saturated heterocycles. The summed E-state index contributed by atoms with van der Waals surface area (Å²) in [5.74, 6) is -1.43. The van der Waals surface area contributed by atoms with E-state index in [4.69, 9.17) is 4.74 Å². The fourth-order valence-electron chi connectivity index (χ4n) is 3.26. The number of carbonyl (C=O) groups excluding carboxylic acids is 3. The van der Waals surface area contributed by atoms with Gasteiger partial charge >= 0.3 is 6.09 Å². The third kappa shape index (κ3) is 7.21. The van der Waals surface area contributed by atoms with Crippen molar-refractivity contribution in [2.75, 3.05) is 6.54 Å². The second-order valence-corrected chi connectivity index (χ2v) is 7.41. The van der Waals surface area contributed by atoms with Crippen LogP contribution in [0.1, 0.15) is 24.0 Å². The highest BCUT2D eigenvalue weighted by Gasteiger charge is 2.37. The molecule has 2 amide bonds. The first-order valence-electron chi connectivity index (χ1n) is 10.7. The Morgan fingerprint density at radius 1 is 1.03 bits per heavy atom. The zero-order valence-corrected chi connectivity index (χ0v) is 18.1. The van der Waals surface area contributed by atoms with Crippen molar-refractivity contribution in [2.24, 2.45) is 0 Å². The number of rotatable bonds is 9. The lowest BCUT2D eigenvalue weighted by Gasteiger charge is -2.09. The van der Waals surface area contributed by atoms with Gasteiger partial charge in [0, 0.05) is 6.54 Å². The molecule has 1 fully saturated rings. The van der Waals surface area contributed by atoms with E-state index in [1.54, 1.807) is 12.2 Å². The first-order chi connectivity index (χ1) is 16.0. The largest absolute Gasteiger partial charge is 0.507 e. The van der Waals surface area contributed by atoms with Gasteiger partial charge in [0.2, 0.25) is 0 Å². The molecule has 170 valence electrons. The number of alkyl carbamates (subject to hydrolysis) is 1. The molecule has 3 rings (SSSR count). The molecule has 1 aliphatic heterocycles. The third-order valence-corrected chi connectivity index (χ3v) is 4.96. The van der Waals surface area contributed by atoms with Gasteiger partial charge in [-0.2, -0.15) is 0 Å². The molecule has 0 saturated carbocycles. The average molecular weight is 447 g/mol. The first-order valence-corrected chi connectivity index (χ1v) is 10.7. The first kappa shape index (κ1) is 23.5. The number of aliphatic hydroxyl groups excluding tert-OH is 1. The second kappa shape index (κ2) is 12.0. The van der Waals surface area contributed by atoms with Crippen molar-refractivity contribution >= 4 is 23.9 Å². The number of carbonyl (C=O) groups is 3. The van der Waals surface area contributed by atoms with Gasteiger partial charge in [-0.25, -0.2) is 4.79 Å². The van der Waals surface area contributed by atoms with Crippen molar-refractivity contribution in [3.8, 4) is 0 Å². The Labute approximate surface area is 192 Å². The number of ether oxygens (including phenoxy) is 1. The van der Waals surface area contributed by atoms with Crippen LogP contribution >= 0.6 is 0 Å². The maximum absolute atomic E-state index is 12.5. The molecule has 2 aromatic carbocycles. The van der Waals surface area contributed by atoms with Gasteiger partial charge in [0.05, 0.1) is 6.04 Å².